The molecule has 0 fully saturated rings. The number of hydrogen-bond donors (Lipinski definition) is 0. The Morgan fingerprint density at radius 2 is 0.431 bits per heavy atom. The topological polar surface area (TPSA) is 6.48 Å². The van der Waals surface area contributed by atoms with E-state index in [0.717, 1.165) is 34.1 Å². The molecule has 0 saturated carbocycles. The highest BCUT2D eigenvalue weighted by molar-refractivity contribution is 7.27. The number of anilines is 6. The molecular weight excluding hydrogens is 949 g/mol. The van der Waals surface area contributed by atoms with E-state index in [2.05, 4.69) is 240 Å². The summed E-state index contributed by atoms with van der Waals surface area (Å²) < 4.78 is 10.4. The first-order valence-electron chi connectivity index (χ1n) is 24.3. The quantitative estimate of drug-likeness (QED) is 0.164. The highest BCUT2D eigenvalue weighted by Gasteiger charge is 2.20. The van der Waals surface area contributed by atoms with Crippen molar-refractivity contribution in [2.75, 3.05) is 9.80 Å². The lowest BCUT2D eigenvalue weighted by Crippen LogP contribution is -2.09. The SMILES string of the molecule is c1ccc(N(c2ccc3c(c2)sc2cc4ccccc4cc23)c2ccc3c(c2)sc2cc4cc5c(cc4cc23)sc2cc(N(c3ccccc3)c3ccc4c(c3)sc3cc6ccccc6cc34)ccc25)cc1. The summed E-state index contributed by atoms with van der Waals surface area (Å²) in [6.07, 6.45) is 0. The van der Waals surface area contributed by atoms with E-state index in [9.17, 15) is 0 Å². The molecule has 0 saturated heterocycles. The van der Waals surface area contributed by atoms with Gasteiger partial charge in [0.1, 0.15) is 0 Å². The maximum Gasteiger partial charge on any atom is 0.0476 e. The molecule has 0 aliphatic rings. The normalized spacial score (nSPS) is 12.2. The molecule has 0 bridgehead atoms. The molecule has 0 unspecified atom stereocenters. The average Bonchev–Trinajstić information content (AvgIpc) is 4.17. The van der Waals surface area contributed by atoms with Gasteiger partial charge >= 0.3 is 0 Å². The van der Waals surface area contributed by atoms with Gasteiger partial charge in [0.15, 0.2) is 0 Å². The summed E-state index contributed by atoms with van der Waals surface area (Å²) in [6, 6.07) is 86.1. The second-order valence-corrected chi connectivity index (χ2v) is 23.2. The number of hydrogen-bond acceptors (Lipinski definition) is 6. The van der Waals surface area contributed by atoms with Crippen molar-refractivity contribution in [2.24, 2.45) is 0 Å². The first-order valence-corrected chi connectivity index (χ1v) is 27.5. The molecule has 4 heterocycles. The minimum Gasteiger partial charge on any atom is -0.310 e. The summed E-state index contributed by atoms with van der Waals surface area (Å²) in [7, 11) is 0. The molecule has 0 N–H and O–H groups in total. The zero-order chi connectivity index (χ0) is 47.0. The van der Waals surface area contributed by atoms with E-state index in [4.69, 9.17) is 0 Å². The number of thiophene rings is 4. The van der Waals surface area contributed by atoms with Crippen molar-refractivity contribution in [3.05, 3.63) is 231 Å². The maximum absolute atomic E-state index is 2.43. The predicted molar refractivity (Wildman–Crippen MR) is 320 cm³/mol. The van der Waals surface area contributed by atoms with Crippen LogP contribution in [0.3, 0.4) is 0 Å². The third kappa shape index (κ3) is 6.37. The fourth-order valence-corrected chi connectivity index (χ4v) is 16.0. The second kappa shape index (κ2) is 15.7. The smallest absolute Gasteiger partial charge is 0.0476 e. The van der Waals surface area contributed by atoms with E-state index in [1.165, 1.54) is 113 Å². The minimum atomic E-state index is 1.14. The van der Waals surface area contributed by atoms with Gasteiger partial charge in [-0.1, -0.05) is 109 Å². The Morgan fingerprint density at radius 3 is 0.750 bits per heavy atom. The largest absolute Gasteiger partial charge is 0.310 e. The van der Waals surface area contributed by atoms with Crippen LogP contribution in [0.2, 0.25) is 0 Å². The van der Waals surface area contributed by atoms with Gasteiger partial charge in [-0.3, -0.25) is 0 Å². The molecule has 4 aromatic heterocycles. The van der Waals surface area contributed by atoms with Crippen molar-refractivity contribution < 1.29 is 0 Å². The Kier molecular flexibility index (Phi) is 8.86. The van der Waals surface area contributed by atoms with Crippen LogP contribution in [-0.2, 0) is 0 Å². The summed E-state index contributed by atoms with van der Waals surface area (Å²) in [6.45, 7) is 0. The molecule has 16 rings (SSSR count). The van der Waals surface area contributed by atoms with Crippen LogP contribution >= 0.6 is 45.3 Å². The maximum atomic E-state index is 2.43. The Morgan fingerprint density at radius 1 is 0.181 bits per heavy atom. The van der Waals surface area contributed by atoms with Crippen molar-refractivity contribution in [1.82, 2.24) is 0 Å². The molecular formula is C66H38N2S4. The second-order valence-electron chi connectivity index (χ2n) is 18.9. The van der Waals surface area contributed by atoms with Crippen molar-refractivity contribution in [1.29, 1.82) is 0 Å². The van der Waals surface area contributed by atoms with E-state index in [0.29, 0.717) is 0 Å². The van der Waals surface area contributed by atoms with E-state index in [1.807, 2.05) is 45.3 Å². The van der Waals surface area contributed by atoms with E-state index in [1.54, 1.807) is 0 Å². The van der Waals surface area contributed by atoms with Crippen LogP contribution in [-0.4, -0.2) is 0 Å². The molecule has 2 nitrogen and oxygen atoms in total. The lowest BCUT2D eigenvalue weighted by Gasteiger charge is -2.25. The Hall–Kier alpha value is -8.10. The molecule has 6 heteroatoms. The summed E-state index contributed by atoms with van der Waals surface area (Å²) in [4.78, 5) is 4.82. The minimum absolute atomic E-state index is 1.14. The van der Waals surface area contributed by atoms with Gasteiger partial charge in [-0.2, -0.15) is 0 Å². The Labute approximate surface area is 429 Å². The molecule has 0 aliphatic carbocycles. The predicted octanol–water partition coefficient (Wildman–Crippen LogP) is 21.6. The van der Waals surface area contributed by atoms with Gasteiger partial charge in [0, 0.05) is 115 Å². The molecule has 0 atom stereocenters. The van der Waals surface area contributed by atoms with Crippen LogP contribution in [0.5, 0.6) is 0 Å². The standard InChI is InChI=1S/C66H38N2S4/c1-3-15-45(16-4-1)67(47-19-23-51-55-27-39-11-7-9-13-41(39)31-59(55)69-63(51)35-47)49-21-25-53-57-29-43-34-62-58(30-44(43)33-61(57)71-65(53)37-49)54-26-22-50(38-66(54)72-62)68(46-17-5-2-6-18-46)48-20-24-52-56-28-40-12-8-10-14-42(40)32-60(56)70-64(52)36-48/h1-38H. The number of para-hydroxylation sites is 2. The fourth-order valence-electron chi connectivity index (χ4n) is 11.3. The van der Waals surface area contributed by atoms with Gasteiger partial charge in [0.05, 0.1) is 0 Å². The van der Waals surface area contributed by atoms with Crippen LogP contribution < -0.4 is 9.80 Å². The third-order valence-electron chi connectivity index (χ3n) is 14.7. The van der Waals surface area contributed by atoms with Gasteiger partial charge in [-0.05, 0) is 154 Å². The zero-order valence-electron chi connectivity index (χ0n) is 38.5. The summed E-state index contributed by atoms with van der Waals surface area (Å²) in [5.74, 6) is 0. The van der Waals surface area contributed by atoms with Crippen molar-refractivity contribution in [2.45, 2.75) is 0 Å². The molecule has 0 aliphatic heterocycles. The zero-order valence-corrected chi connectivity index (χ0v) is 41.7. The number of nitrogens with zero attached hydrogens (tertiary/aromatic N) is 2. The Bertz CT molecular complexity index is 4580. The highest BCUT2D eigenvalue weighted by Crippen LogP contribution is 2.48. The molecule has 0 spiro atoms. The molecule has 336 valence electrons. The molecule has 16 aromatic rings. The van der Waals surface area contributed by atoms with Crippen LogP contribution in [0.25, 0.3) is 113 Å². The molecule has 0 amide bonds. The fraction of sp³-hybridized carbons (Fsp3) is 0. The van der Waals surface area contributed by atoms with E-state index in [-0.39, 0.29) is 0 Å². The van der Waals surface area contributed by atoms with Crippen LogP contribution in [0.4, 0.5) is 34.1 Å². The van der Waals surface area contributed by atoms with Gasteiger partial charge in [0.25, 0.3) is 0 Å². The number of fused-ring (bicyclic) bond motifs is 15. The highest BCUT2D eigenvalue weighted by atomic mass is 32.1. The summed E-state index contributed by atoms with van der Waals surface area (Å²) in [5.41, 5.74) is 6.91. The van der Waals surface area contributed by atoms with Crippen LogP contribution in [0.1, 0.15) is 0 Å². The first-order chi connectivity index (χ1) is 35.6. The third-order valence-corrected chi connectivity index (χ3v) is 19.2. The van der Waals surface area contributed by atoms with Crippen LogP contribution in [0.15, 0.2) is 231 Å². The van der Waals surface area contributed by atoms with Crippen molar-refractivity contribution in [3.8, 4) is 0 Å². The van der Waals surface area contributed by atoms with Crippen molar-refractivity contribution >= 4 is 192 Å². The van der Waals surface area contributed by atoms with Gasteiger partial charge in [-0.25, -0.2) is 0 Å². The number of benzene rings is 12. The summed E-state index contributed by atoms with van der Waals surface area (Å²) >= 11 is 7.55. The van der Waals surface area contributed by atoms with Gasteiger partial charge in [-0.15, -0.1) is 45.3 Å². The lowest BCUT2D eigenvalue weighted by atomic mass is 10.0. The lowest BCUT2D eigenvalue weighted by molar-refractivity contribution is 1.30. The van der Waals surface area contributed by atoms with E-state index < -0.39 is 0 Å². The number of rotatable bonds is 6. The van der Waals surface area contributed by atoms with E-state index >= 15 is 0 Å². The van der Waals surface area contributed by atoms with Gasteiger partial charge in [0.2, 0.25) is 0 Å². The monoisotopic (exact) mass is 986 g/mol. The molecule has 12 aromatic carbocycles. The van der Waals surface area contributed by atoms with Crippen molar-refractivity contribution in [3.63, 3.8) is 0 Å². The Balaban J connectivity index is 0.775. The average molecular weight is 987 g/mol. The first kappa shape index (κ1) is 40.6. The van der Waals surface area contributed by atoms with Crippen LogP contribution in [0, 0.1) is 0 Å². The molecule has 0 radical (unpaired) electrons. The van der Waals surface area contributed by atoms with Gasteiger partial charge < -0.3 is 9.80 Å². The molecule has 72 heavy (non-hydrogen) atoms. The summed E-state index contributed by atoms with van der Waals surface area (Å²) in [5, 5.41) is 18.2.